The molecule has 0 unspecified atom stereocenters. The fourth-order valence-corrected chi connectivity index (χ4v) is 3.68. The summed E-state index contributed by atoms with van der Waals surface area (Å²) in [6, 6.07) is 4.73. The molecule has 170 valence electrons. The van der Waals surface area contributed by atoms with E-state index in [2.05, 4.69) is 10.6 Å². The number of hydrogen-bond acceptors (Lipinski definition) is 6. The van der Waals surface area contributed by atoms with E-state index in [9.17, 15) is 14.0 Å². The van der Waals surface area contributed by atoms with Crippen molar-refractivity contribution in [3.8, 4) is 0 Å². The summed E-state index contributed by atoms with van der Waals surface area (Å²) in [6.45, 7) is 3.22. The highest BCUT2D eigenvalue weighted by Crippen LogP contribution is 2.28. The highest BCUT2D eigenvalue weighted by Gasteiger charge is 2.33. The standard InChI is InChI=1S/C20H28FN5O4S/c1-22-19(31)23-12-15-13-26(20(28)30-15)14-3-4-17(16(21)11-14)24-6-8-25(9-7-24)18(27)5-10-29-2/h3-4,11,15H,5-10,12-13H2,1-2H3,(H2,22,23,31)/t15-/m0/s1. The summed E-state index contributed by atoms with van der Waals surface area (Å²) in [6.07, 6.45) is -0.550. The van der Waals surface area contributed by atoms with Gasteiger partial charge in [0.25, 0.3) is 0 Å². The van der Waals surface area contributed by atoms with E-state index in [4.69, 9.17) is 21.7 Å². The molecule has 2 aliphatic heterocycles. The van der Waals surface area contributed by atoms with E-state index >= 15 is 0 Å². The molecule has 2 amide bonds. The smallest absolute Gasteiger partial charge is 0.414 e. The molecule has 0 spiro atoms. The van der Waals surface area contributed by atoms with Crippen LogP contribution in [0, 0.1) is 5.82 Å². The molecular weight excluding hydrogens is 425 g/mol. The number of nitrogens with one attached hydrogen (secondary N) is 2. The summed E-state index contributed by atoms with van der Waals surface area (Å²) in [5.74, 6) is -0.369. The SMILES string of the molecule is CNC(=S)NC[C@H]1CN(c2ccc(N3CCN(C(=O)CCOC)CC3)c(F)c2)C(=O)O1. The molecule has 9 nitrogen and oxygen atoms in total. The third-order valence-electron chi connectivity index (χ3n) is 5.33. The van der Waals surface area contributed by atoms with E-state index in [1.165, 1.54) is 11.0 Å². The first-order valence-electron chi connectivity index (χ1n) is 10.2. The van der Waals surface area contributed by atoms with Gasteiger partial charge in [0.15, 0.2) is 5.11 Å². The lowest BCUT2D eigenvalue weighted by Crippen LogP contribution is -2.49. The summed E-state index contributed by atoms with van der Waals surface area (Å²) in [5.41, 5.74) is 0.899. The first-order chi connectivity index (χ1) is 14.9. The van der Waals surface area contributed by atoms with Gasteiger partial charge in [0.1, 0.15) is 11.9 Å². The number of halogens is 1. The molecule has 2 heterocycles. The maximum absolute atomic E-state index is 14.9. The van der Waals surface area contributed by atoms with Gasteiger partial charge in [-0.15, -0.1) is 0 Å². The van der Waals surface area contributed by atoms with Gasteiger partial charge < -0.3 is 29.9 Å². The Balaban J connectivity index is 1.57. The van der Waals surface area contributed by atoms with Gasteiger partial charge in [-0.3, -0.25) is 9.69 Å². The molecule has 31 heavy (non-hydrogen) atoms. The number of rotatable bonds is 7. The fraction of sp³-hybridized carbons (Fsp3) is 0.550. The zero-order chi connectivity index (χ0) is 22.4. The predicted octanol–water partition coefficient (Wildman–Crippen LogP) is 0.930. The lowest BCUT2D eigenvalue weighted by Gasteiger charge is -2.36. The molecule has 2 fully saturated rings. The van der Waals surface area contributed by atoms with Gasteiger partial charge >= 0.3 is 6.09 Å². The zero-order valence-electron chi connectivity index (χ0n) is 17.7. The second kappa shape index (κ2) is 10.6. The van der Waals surface area contributed by atoms with Gasteiger partial charge in [0, 0.05) is 40.3 Å². The number of thiocarbonyl (C=S) groups is 1. The number of amides is 2. The van der Waals surface area contributed by atoms with Crippen LogP contribution in [-0.2, 0) is 14.3 Å². The summed E-state index contributed by atoms with van der Waals surface area (Å²) in [5, 5.41) is 6.21. The third kappa shape index (κ3) is 5.73. The summed E-state index contributed by atoms with van der Waals surface area (Å²) in [4.78, 5) is 29.4. The van der Waals surface area contributed by atoms with Crippen molar-refractivity contribution in [1.82, 2.24) is 15.5 Å². The number of nitrogens with zero attached hydrogens (tertiary/aromatic N) is 3. The van der Waals surface area contributed by atoms with Crippen LogP contribution in [0.1, 0.15) is 6.42 Å². The van der Waals surface area contributed by atoms with E-state index in [0.717, 1.165) is 0 Å². The zero-order valence-corrected chi connectivity index (χ0v) is 18.5. The van der Waals surface area contributed by atoms with E-state index < -0.39 is 11.9 Å². The van der Waals surface area contributed by atoms with Crippen LogP contribution < -0.4 is 20.4 Å². The first-order valence-corrected chi connectivity index (χ1v) is 10.6. The van der Waals surface area contributed by atoms with Crippen LogP contribution in [-0.4, -0.2) is 88.1 Å². The minimum atomic E-state index is -0.516. The fourth-order valence-electron chi connectivity index (χ4n) is 3.60. The summed E-state index contributed by atoms with van der Waals surface area (Å²) in [7, 11) is 3.27. The van der Waals surface area contributed by atoms with Gasteiger partial charge in [0.2, 0.25) is 5.91 Å². The van der Waals surface area contributed by atoms with Crippen LogP contribution in [0.15, 0.2) is 18.2 Å². The van der Waals surface area contributed by atoms with Crippen LogP contribution in [0.4, 0.5) is 20.6 Å². The van der Waals surface area contributed by atoms with Gasteiger partial charge in [-0.1, -0.05) is 0 Å². The molecule has 0 bridgehead atoms. The predicted molar refractivity (Wildman–Crippen MR) is 119 cm³/mol. The van der Waals surface area contributed by atoms with Crippen molar-refractivity contribution in [3.63, 3.8) is 0 Å². The van der Waals surface area contributed by atoms with Crippen LogP contribution >= 0.6 is 12.2 Å². The number of piperazine rings is 1. The number of anilines is 2. The van der Waals surface area contributed by atoms with Crippen LogP contribution in [0.2, 0.25) is 0 Å². The monoisotopic (exact) mass is 453 g/mol. The van der Waals surface area contributed by atoms with Gasteiger partial charge in [-0.25, -0.2) is 9.18 Å². The van der Waals surface area contributed by atoms with Crippen molar-refractivity contribution in [2.45, 2.75) is 12.5 Å². The molecule has 0 aliphatic carbocycles. The molecule has 2 saturated heterocycles. The number of cyclic esters (lactones) is 1. The minimum Gasteiger partial charge on any atom is -0.442 e. The lowest BCUT2D eigenvalue weighted by atomic mass is 10.2. The van der Waals surface area contributed by atoms with E-state index in [1.54, 1.807) is 31.2 Å². The average molecular weight is 454 g/mol. The Bertz CT molecular complexity index is 819. The molecule has 2 aliphatic rings. The Labute approximate surface area is 186 Å². The normalized spacial score (nSPS) is 18.7. The number of carbonyl (C=O) groups excluding carboxylic acids is 2. The molecular formula is C20H28FN5O4S. The van der Waals surface area contributed by atoms with Crippen molar-refractivity contribution in [3.05, 3.63) is 24.0 Å². The Morgan fingerprint density at radius 1 is 1.32 bits per heavy atom. The average Bonchev–Trinajstić information content (AvgIpc) is 3.16. The van der Waals surface area contributed by atoms with Crippen LogP contribution in [0.3, 0.4) is 0 Å². The largest absolute Gasteiger partial charge is 0.442 e. The number of carbonyl (C=O) groups is 2. The Hall–Kier alpha value is -2.66. The third-order valence-corrected chi connectivity index (χ3v) is 5.68. The van der Waals surface area contributed by atoms with E-state index in [1.807, 2.05) is 4.90 Å². The first kappa shape index (κ1) is 23.0. The van der Waals surface area contributed by atoms with Crippen molar-refractivity contribution < 1.29 is 23.5 Å². The molecule has 1 aromatic rings. The highest BCUT2D eigenvalue weighted by atomic mass is 32.1. The van der Waals surface area contributed by atoms with E-state index in [0.29, 0.717) is 68.8 Å². The quantitative estimate of drug-likeness (QED) is 0.590. The highest BCUT2D eigenvalue weighted by molar-refractivity contribution is 7.80. The molecule has 11 heteroatoms. The van der Waals surface area contributed by atoms with Gasteiger partial charge in [-0.2, -0.15) is 0 Å². The van der Waals surface area contributed by atoms with Crippen molar-refractivity contribution in [2.24, 2.45) is 0 Å². The number of benzene rings is 1. The Morgan fingerprint density at radius 3 is 2.71 bits per heavy atom. The molecule has 2 N–H and O–H groups in total. The summed E-state index contributed by atoms with van der Waals surface area (Å²) < 4.78 is 25.2. The molecule has 1 atom stereocenters. The van der Waals surface area contributed by atoms with Crippen molar-refractivity contribution in [2.75, 3.05) is 69.8 Å². The maximum Gasteiger partial charge on any atom is 0.414 e. The van der Waals surface area contributed by atoms with Crippen LogP contribution in [0.25, 0.3) is 0 Å². The van der Waals surface area contributed by atoms with Gasteiger partial charge in [0.05, 0.1) is 37.5 Å². The molecule has 3 rings (SSSR count). The van der Waals surface area contributed by atoms with Crippen molar-refractivity contribution >= 4 is 40.7 Å². The van der Waals surface area contributed by atoms with Crippen LogP contribution in [0.5, 0.6) is 0 Å². The Morgan fingerprint density at radius 2 is 2.06 bits per heavy atom. The minimum absolute atomic E-state index is 0.0457. The van der Waals surface area contributed by atoms with Gasteiger partial charge in [-0.05, 0) is 30.4 Å². The van der Waals surface area contributed by atoms with Crippen molar-refractivity contribution in [1.29, 1.82) is 0 Å². The molecule has 1 aromatic carbocycles. The molecule has 0 radical (unpaired) electrons. The number of methoxy groups -OCH3 is 1. The number of ether oxygens (including phenoxy) is 2. The number of hydrogen-bond donors (Lipinski definition) is 2. The summed E-state index contributed by atoms with van der Waals surface area (Å²) >= 11 is 5.02. The second-order valence-corrected chi connectivity index (χ2v) is 7.73. The Kier molecular flexibility index (Phi) is 7.85. The molecule has 0 aromatic heterocycles. The lowest BCUT2D eigenvalue weighted by molar-refractivity contribution is -0.132. The second-order valence-electron chi connectivity index (χ2n) is 7.32. The maximum atomic E-state index is 14.9. The van der Waals surface area contributed by atoms with E-state index in [-0.39, 0.29) is 12.0 Å². The topological polar surface area (TPSA) is 86.4 Å². The molecule has 0 saturated carbocycles.